The number of benzene rings is 2. The highest BCUT2D eigenvalue weighted by Gasteiger charge is 2.60. The molecule has 28 heavy (non-hydrogen) atoms. The number of rotatable bonds is 4. The van der Waals surface area contributed by atoms with Crippen LogP contribution in [0.3, 0.4) is 0 Å². The Bertz CT molecular complexity index is 905. The molecule has 4 bridgehead atoms. The zero-order valence-corrected chi connectivity index (χ0v) is 16.3. The molecule has 0 aliphatic carbocycles. The molecule has 4 aliphatic heterocycles. The number of hydrogen-bond donors (Lipinski definition) is 3. The lowest BCUT2D eigenvalue weighted by Crippen LogP contribution is -3.56. The zero-order chi connectivity index (χ0) is 19.1. The minimum Gasteiger partial charge on any atom is -0.241 e. The summed E-state index contributed by atoms with van der Waals surface area (Å²) in [7, 11) is 0. The first-order valence-electron chi connectivity index (χ1n) is 9.73. The van der Waals surface area contributed by atoms with E-state index >= 15 is 0 Å². The monoisotopic (exact) mass is 400 g/mol. The van der Waals surface area contributed by atoms with Crippen molar-refractivity contribution in [2.45, 2.75) is 0 Å². The molecule has 144 valence electrons. The molecule has 0 unspecified atom stereocenters. The number of halogens is 2. The van der Waals surface area contributed by atoms with Gasteiger partial charge in [-0.3, -0.25) is 0 Å². The summed E-state index contributed by atoms with van der Waals surface area (Å²) in [6, 6.07) is 14.3. The fourth-order valence-corrected chi connectivity index (χ4v) is 5.44. The van der Waals surface area contributed by atoms with Crippen LogP contribution >= 0.6 is 11.6 Å². The minimum absolute atomic E-state index is 0.0157. The van der Waals surface area contributed by atoms with Gasteiger partial charge in [0.2, 0.25) is 20.0 Å². The minimum atomic E-state index is -0.267. The average molecular weight is 401 g/mol. The molecule has 4 fully saturated rings. The molecule has 0 radical (unpaired) electrons. The molecule has 0 spiro atoms. The Morgan fingerprint density at radius 2 is 1.61 bits per heavy atom. The number of quaternary nitrogens is 3. The SMILES string of the molecule is Fc1cccc(C=NN=C(c2ccc(Cl)cc2)C23C[NH+]4C[NH+](C[NH+](C4)C2)C3)c1. The molecular weight excluding hydrogens is 377 g/mol. The summed E-state index contributed by atoms with van der Waals surface area (Å²) in [6.45, 7) is 6.88. The molecule has 3 N–H and O–H groups in total. The second-order valence-electron chi connectivity index (χ2n) is 8.35. The maximum Gasteiger partial charge on any atom is 0.213 e. The van der Waals surface area contributed by atoms with E-state index in [-0.39, 0.29) is 11.2 Å². The third kappa shape index (κ3) is 3.37. The highest BCUT2D eigenvalue weighted by Crippen LogP contribution is 2.24. The first-order valence-corrected chi connectivity index (χ1v) is 10.1. The van der Waals surface area contributed by atoms with E-state index in [1.54, 1.807) is 27.0 Å². The summed E-state index contributed by atoms with van der Waals surface area (Å²) in [4.78, 5) is 4.93. The Kier molecular flexibility index (Phi) is 4.51. The van der Waals surface area contributed by atoms with Gasteiger partial charge in [-0.2, -0.15) is 10.2 Å². The zero-order valence-electron chi connectivity index (χ0n) is 15.6. The van der Waals surface area contributed by atoms with E-state index in [1.807, 2.05) is 30.3 Å². The van der Waals surface area contributed by atoms with Crippen molar-refractivity contribution in [2.75, 3.05) is 39.6 Å². The van der Waals surface area contributed by atoms with Gasteiger partial charge in [-0.25, -0.2) is 19.1 Å². The van der Waals surface area contributed by atoms with E-state index in [9.17, 15) is 4.39 Å². The molecule has 4 saturated heterocycles. The maximum atomic E-state index is 13.4. The van der Waals surface area contributed by atoms with Gasteiger partial charge in [0, 0.05) is 5.02 Å². The third-order valence-electron chi connectivity index (χ3n) is 6.10. The van der Waals surface area contributed by atoms with Crippen molar-refractivity contribution in [3.05, 3.63) is 70.5 Å². The highest BCUT2D eigenvalue weighted by molar-refractivity contribution is 6.30. The van der Waals surface area contributed by atoms with Gasteiger partial charge in [-0.05, 0) is 35.4 Å². The highest BCUT2D eigenvalue weighted by atomic mass is 35.5. The van der Waals surface area contributed by atoms with Gasteiger partial charge in [-0.1, -0.05) is 35.9 Å². The quantitative estimate of drug-likeness (QED) is 0.429. The van der Waals surface area contributed by atoms with Crippen LogP contribution in [0.25, 0.3) is 0 Å². The van der Waals surface area contributed by atoms with Crippen molar-refractivity contribution in [1.29, 1.82) is 0 Å². The molecule has 4 aliphatic rings. The fourth-order valence-electron chi connectivity index (χ4n) is 5.32. The number of nitrogens with zero attached hydrogens (tertiary/aromatic N) is 2. The van der Waals surface area contributed by atoms with Crippen LogP contribution < -0.4 is 14.7 Å². The van der Waals surface area contributed by atoms with E-state index in [2.05, 4.69) is 5.10 Å². The first kappa shape index (κ1) is 17.9. The van der Waals surface area contributed by atoms with Crippen LogP contribution in [0.15, 0.2) is 58.7 Å². The molecule has 0 aromatic heterocycles. The molecule has 0 saturated carbocycles. The Morgan fingerprint density at radius 3 is 2.21 bits per heavy atom. The third-order valence-corrected chi connectivity index (χ3v) is 6.35. The smallest absolute Gasteiger partial charge is 0.213 e. The van der Waals surface area contributed by atoms with Crippen LogP contribution in [0.2, 0.25) is 5.02 Å². The second kappa shape index (κ2) is 7.04. The first-order chi connectivity index (χ1) is 13.6. The maximum absolute atomic E-state index is 13.4. The normalized spacial score (nSPS) is 31.6. The predicted octanol–water partition coefficient (Wildman–Crippen LogP) is -1.14. The lowest BCUT2D eigenvalue weighted by Gasteiger charge is -2.52. The molecule has 7 heteroatoms. The molecule has 0 atom stereocenters. The standard InChI is InChI=1S/C21H21ClFN5/c22-18-6-4-17(5-7-18)20(25-24-9-16-2-1-3-19(23)8-16)21-10-26-13-27(11-21)15-28(12-21)14-26/h1-9H,10-15H2/p+3. The van der Waals surface area contributed by atoms with E-state index in [4.69, 9.17) is 16.7 Å². The number of hydrogen-bond acceptors (Lipinski definition) is 2. The van der Waals surface area contributed by atoms with Gasteiger partial charge < -0.3 is 0 Å². The van der Waals surface area contributed by atoms with Gasteiger partial charge in [0.15, 0.2) is 5.41 Å². The molecule has 6 rings (SSSR count). The van der Waals surface area contributed by atoms with Gasteiger partial charge >= 0.3 is 0 Å². The second-order valence-corrected chi connectivity index (χ2v) is 8.78. The summed E-state index contributed by atoms with van der Waals surface area (Å²) in [5.74, 6) is -0.267. The van der Waals surface area contributed by atoms with Gasteiger partial charge in [0.1, 0.15) is 25.5 Å². The van der Waals surface area contributed by atoms with Crippen LogP contribution in [0.5, 0.6) is 0 Å². The van der Waals surface area contributed by atoms with Crippen molar-refractivity contribution in [3.63, 3.8) is 0 Å². The van der Waals surface area contributed by atoms with Crippen molar-refractivity contribution in [3.8, 4) is 0 Å². The Labute approximate surface area is 168 Å². The largest absolute Gasteiger partial charge is 0.241 e. The van der Waals surface area contributed by atoms with Crippen molar-refractivity contribution in [2.24, 2.45) is 15.6 Å². The van der Waals surface area contributed by atoms with E-state index in [1.165, 1.54) is 32.1 Å². The van der Waals surface area contributed by atoms with Crippen LogP contribution in [0.4, 0.5) is 4.39 Å². The van der Waals surface area contributed by atoms with E-state index in [0.717, 1.165) is 35.9 Å². The lowest BCUT2D eigenvalue weighted by molar-refractivity contribution is -1.30. The Balaban J connectivity index is 1.53. The van der Waals surface area contributed by atoms with E-state index in [0.29, 0.717) is 5.56 Å². The van der Waals surface area contributed by atoms with Crippen LogP contribution in [-0.4, -0.2) is 51.6 Å². The summed E-state index contributed by atoms with van der Waals surface area (Å²) in [5, 5.41) is 9.81. The molecular formula is C21H24ClFN5+3. The van der Waals surface area contributed by atoms with Gasteiger partial charge in [0.05, 0.1) is 11.9 Å². The number of nitrogens with one attached hydrogen (secondary N) is 3. The molecule has 5 nitrogen and oxygen atoms in total. The Morgan fingerprint density at radius 1 is 0.964 bits per heavy atom. The molecule has 4 heterocycles. The summed E-state index contributed by atoms with van der Waals surface area (Å²) in [6.07, 6.45) is 1.63. The summed E-state index contributed by atoms with van der Waals surface area (Å²) >= 11 is 6.12. The Hall–Kier alpha value is -2.12. The average Bonchev–Trinajstić information content (AvgIpc) is 2.65. The lowest BCUT2D eigenvalue weighted by atomic mass is 9.74. The predicted molar refractivity (Wildman–Crippen MR) is 107 cm³/mol. The van der Waals surface area contributed by atoms with Crippen molar-refractivity contribution in [1.82, 2.24) is 0 Å². The van der Waals surface area contributed by atoms with Gasteiger partial charge in [-0.15, -0.1) is 0 Å². The topological polar surface area (TPSA) is 38.0 Å². The molecule has 2 aromatic carbocycles. The van der Waals surface area contributed by atoms with Crippen LogP contribution in [0.1, 0.15) is 11.1 Å². The molecule has 2 aromatic rings. The molecule has 0 amide bonds. The fraction of sp³-hybridized carbons (Fsp3) is 0.333. The van der Waals surface area contributed by atoms with E-state index < -0.39 is 0 Å². The summed E-state index contributed by atoms with van der Waals surface area (Å²) in [5.41, 5.74) is 2.83. The van der Waals surface area contributed by atoms with Crippen molar-refractivity contribution >= 4 is 23.5 Å². The van der Waals surface area contributed by atoms with Crippen LogP contribution in [-0.2, 0) is 0 Å². The van der Waals surface area contributed by atoms with Crippen molar-refractivity contribution < 1.29 is 19.1 Å². The van der Waals surface area contributed by atoms with Crippen LogP contribution in [0, 0.1) is 11.2 Å². The van der Waals surface area contributed by atoms with Gasteiger partial charge in [0.25, 0.3) is 0 Å². The summed E-state index contributed by atoms with van der Waals surface area (Å²) < 4.78 is 13.4.